The molecule has 0 aromatic carbocycles. The molecule has 102 valence electrons. The molecule has 0 radical (unpaired) electrons. The van der Waals surface area contributed by atoms with E-state index in [2.05, 4.69) is 34.5 Å². The van der Waals surface area contributed by atoms with Crippen LogP contribution in [0.1, 0.15) is 27.3 Å². The van der Waals surface area contributed by atoms with Crippen molar-refractivity contribution in [1.82, 2.24) is 14.6 Å². The molecule has 0 atom stereocenters. The third kappa shape index (κ3) is 1.98. The average Bonchev–Trinajstić information content (AvgIpc) is 3.10. The van der Waals surface area contributed by atoms with Crippen molar-refractivity contribution < 1.29 is 0 Å². The molecule has 0 unspecified atom stereocenters. The third-order valence-corrected chi connectivity index (χ3v) is 5.01. The minimum absolute atomic E-state index is 0.702. The summed E-state index contributed by atoms with van der Waals surface area (Å²) in [6.45, 7) is 2.87. The van der Waals surface area contributed by atoms with Crippen LogP contribution in [0.4, 0.5) is 5.95 Å². The molecule has 1 aliphatic carbocycles. The van der Waals surface area contributed by atoms with Gasteiger partial charge in [-0.2, -0.15) is 4.98 Å². The molecule has 5 heteroatoms. The zero-order valence-electron chi connectivity index (χ0n) is 11.4. The monoisotopic (exact) mass is 284 g/mol. The maximum absolute atomic E-state index is 4.54. The molecular formula is C15H16N4S. The number of pyridine rings is 1. The van der Waals surface area contributed by atoms with Crippen molar-refractivity contribution in [2.75, 3.05) is 5.32 Å². The summed E-state index contributed by atoms with van der Waals surface area (Å²) in [5.74, 6) is 0.702. The number of nitrogens with one attached hydrogen (secondary N) is 1. The van der Waals surface area contributed by atoms with E-state index in [1.165, 1.54) is 24.1 Å². The summed E-state index contributed by atoms with van der Waals surface area (Å²) >= 11 is 1.93. The van der Waals surface area contributed by atoms with E-state index < -0.39 is 0 Å². The van der Waals surface area contributed by atoms with Crippen LogP contribution >= 0.6 is 11.3 Å². The van der Waals surface area contributed by atoms with E-state index in [1.54, 1.807) is 10.4 Å². The molecule has 0 fully saturated rings. The van der Waals surface area contributed by atoms with Crippen molar-refractivity contribution in [1.29, 1.82) is 0 Å². The molecule has 0 spiro atoms. The Labute approximate surface area is 121 Å². The summed E-state index contributed by atoms with van der Waals surface area (Å²) < 4.78 is 1.83. The van der Waals surface area contributed by atoms with Crippen LogP contribution in [0, 0.1) is 6.92 Å². The minimum Gasteiger partial charge on any atom is -0.348 e. The van der Waals surface area contributed by atoms with Gasteiger partial charge in [0.1, 0.15) is 0 Å². The molecule has 0 saturated heterocycles. The molecule has 0 aliphatic heterocycles. The number of fused-ring (bicyclic) bond motifs is 2. The van der Waals surface area contributed by atoms with E-state index >= 15 is 0 Å². The number of anilines is 1. The quantitative estimate of drug-likeness (QED) is 0.803. The van der Waals surface area contributed by atoms with Gasteiger partial charge in [-0.3, -0.25) is 0 Å². The lowest BCUT2D eigenvalue weighted by molar-refractivity contribution is 0.912. The molecule has 1 N–H and O–H groups in total. The molecule has 0 saturated carbocycles. The van der Waals surface area contributed by atoms with Gasteiger partial charge in [0.05, 0.1) is 6.54 Å². The maximum Gasteiger partial charge on any atom is 0.243 e. The Hall–Kier alpha value is -1.88. The molecule has 3 aromatic rings. The summed E-state index contributed by atoms with van der Waals surface area (Å²) in [7, 11) is 0. The number of hydrogen-bond donors (Lipinski definition) is 1. The fourth-order valence-corrected chi connectivity index (χ4v) is 3.96. The molecule has 3 aromatic heterocycles. The summed E-state index contributed by atoms with van der Waals surface area (Å²) in [5, 5.41) is 7.78. The first kappa shape index (κ1) is 11.9. The lowest BCUT2D eigenvalue weighted by Gasteiger charge is -1.98. The van der Waals surface area contributed by atoms with Gasteiger partial charge in [-0.25, -0.2) is 4.52 Å². The predicted octanol–water partition coefficient (Wildman–Crippen LogP) is 3.20. The Morgan fingerprint density at radius 3 is 3.20 bits per heavy atom. The van der Waals surface area contributed by atoms with Crippen molar-refractivity contribution in [2.24, 2.45) is 0 Å². The van der Waals surface area contributed by atoms with Gasteiger partial charge in [-0.1, -0.05) is 6.07 Å². The average molecular weight is 284 g/mol. The smallest absolute Gasteiger partial charge is 0.243 e. The van der Waals surface area contributed by atoms with Crippen LogP contribution in [0.2, 0.25) is 0 Å². The third-order valence-electron chi connectivity index (χ3n) is 3.78. The van der Waals surface area contributed by atoms with Crippen LogP contribution in [-0.4, -0.2) is 14.6 Å². The Morgan fingerprint density at radius 1 is 1.40 bits per heavy atom. The Bertz CT molecular complexity index is 750. The van der Waals surface area contributed by atoms with Crippen molar-refractivity contribution in [2.45, 2.75) is 32.7 Å². The van der Waals surface area contributed by atoms with Gasteiger partial charge in [0.25, 0.3) is 0 Å². The summed E-state index contributed by atoms with van der Waals surface area (Å²) in [6, 6.07) is 6.38. The van der Waals surface area contributed by atoms with E-state index in [1.807, 2.05) is 28.1 Å². The largest absolute Gasteiger partial charge is 0.348 e. The Balaban J connectivity index is 1.54. The molecule has 4 nitrogen and oxygen atoms in total. The van der Waals surface area contributed by atoms with Crippen molar-refractivity contribution in [3.63, 3.8) is 0 Å². The number of thiophene rings is 1. The van der Waals surface area contributed by atoms with Gasteiger partial charge < -0.3 is 5.32 Å². The SMILES string of the molecule is Cc1cccn2nc(NCc3cc4c(s3)CCC4)nc12. The van der Waals surface area contributed by atoms with Gasteiger partial charge in [-0.05, 0) is 49.4 Å². The molecule has 4 rings (SSSR count). The number of nitrogens with zero attached hydrogens (tertiary/aromatic N) is 3. The predicted molar refractivity (Wildman–Crippen MR) is 81.4 cm³/mol. The zero-order chi connectivity index (χ0) is 13.5. The number of hydrogen-bond acceptors (Lipinski definition) is 4. The molecule has 0 amide bonds. The maximum atomic E-state index is 4.54. The molecule has 1 aliphatic rings. The second-order valence-electron chi connectivity index (χ2n) is 5.26. The van der Waals surface area contributed by atoms with Crippen LogP contribution in [0.5, 0.6) is 0 Å². The van der Waals surface area contributed by atoms with Crippen LogP contribution in [0.25, 0.3) is 5.65 Å². The fourth-order valence-electron chi connectivity index (χ4n) is 2.76. The van der Waals surface area contributed by atoms with E-state index in [-0.39, 0.29) is 0 Å². The van der Waals surface area contributed by atoms with Crippen LogP contribution < -0.4 is 5.32 Å². The van der Waals surface area contributed by atoms with Gasteiger partial charge in [0.15, 0.2) is 5.65 Å². The van der Waals surface area contributed by atoms with Gasteiger partial charge >= 0.3 is 0 Å². The van der Waals surface area contributed by atoms with E-state index in [9.17, 15) is 0 Å². The molecular weight excluding hydrogens is 268 g/mol. The van der Waals surface area contributed by atoms with Crippen molar-refractivity contribution in [3.05, 3.63) is 45.3 Å². The highest BCUT2D eigenvalue weighted by Gasteiger charge is 2.14. The van der Waals surface area contributed by atoms with Crippen LogP contribution in [-0.2, 0) is 19.4 Å². The first-order valence-corrected chi connectivity index (χ1v) is 7.77. The summed E-state index contributed by atoms with van der Waals surface area (Å²) in [5.41, 5.74) is 3.61. The lowest BCUT2D eigenvalue weighted by atomic mass is 10.2. The van der Waals surface area contributed by atoms with Crippen molar-refractivity contribution >= 4 is 22.9 Å². The first-order chi connectivity index (χ1) is 9.79. The zero-order valence-corrected chi connectivity index (χ0v) is 12.2. The summed E-state index contributed by atoms with van der Waals surface area (Å²) in [4.78, 5) is 7.49. The second kappa shape index (κ2) is 4.59. The van der Waals surface area contributed by atoms with Gasteiger partial charge in [0.2, 0.25) is 5.95 Å². The van der Waals surface area contributed by atoms with Crippen LogP contribution in [0.3, 0.4) is 0 Å². The first-order valence-electron chi connectivity index (χ1n) is 6.96. The number of aryl methyl sites for hydroxylation is 3. The standard InChI is InChI=1S/C15H16N4S/c1-10-4-3-7-19-14(10)17-15(18-19)16-9-12-8-11-5-2-6-13(11)20-12/h3-4,7-8H,2,5-6,9H2,1H3,(H,16,18). The van der Waals surface area contributed by atoms with E-state index in [0.717, 1.165) is 17.8 Å². The topological polar surface area (TPSA) is 42.2 Å². The van der Waals surface area contributed by atoms with Gasteiger partial charge in [-0.15, -0.1) is 16.4 Å². The fraction of sp³-hybridized carbons (Fsp3) is 0.333. The highest BCUT2D eigenvalue weighted by atomic mass is 32.1. The number of rotatable bonds is 3. The second-order valence-corrected chi connectivity index (χ2v) is 6.48. The highest BCUT2D eigenvalue weighted by molar-refractivity contribution is 7.12. The Morgan fingerprint density at radius 2 is 2.35 bits per heavy atom. The van der Waals surface area contributed by atoms with E-state index in [0.29, 0.717) is 5.95 Å². The molecule has 3 heterocycles. The minimum atomic E-state index is 0.702. The molecule has 20 heavy (non-hydrogen) atoms. The van der Waals surface area contributed by atoms with Crippen molar-refractivity contribution in [3.8, 4) is 0 Å². The normalized spacial score (nSPS) is 13.8. The van der Waals surface area contributed by atoms with Gasteiger partial charge in [0, 0.05) is 16.0 Å². The molecule has 0 bridgehead atoms. The van der Waals surface area contributed by atoms with E-state index in [4.69, 9.17) is 0 Å². The Kier molecular flexibility index (Phi) is 2.73. The highest BCUT2D eigenvalue weighted by Crippen LogP contribution is 2.30. The number of aromatic nitrogens is 3. The lowest BCUT2D eigenvalue weighted by Crippen LogP contribution is -1.99. The summed E-state index contributed by atoms with van der Waals surface area (Å²) in [6.07, 6.45) is 5.76. The van der Waals surface area contributed by atoms with Crippen LogP contribution in [0.15, 0.2) is 24.4 Å².